The second-order valence-corrected chi connectivity index (χ2v) is 7.10. The molecular formula is C18H30N2O. The van der Waals surface area contributed by atoms with Crippen LogP contribution in [0, 0.1) is 5.92 Å². The highest BCUT2D eigenvalue weighted by Crippen LogP contribution is 2.20. The third kappa shape index (κ3) is 7.86. The van der Waals surface area contributed by atoms with Crippen LogP contribution in [-0.2, 0) is 4.79 Å². The lowest BCUT2D eigenvalue weighted by Gasteiger charge is -2.23. The molecule has 21 heavy (non-hydrogen) atoms. The van der Waals surface area contributed by atoms with E-state index in [1.807, 2.05) is 26.8 Å². The lowest BCUT2D eigenvalue weighted by atomic mass is 9.97. The van der Waals surface area contributed by atoms with Gasteiger partial charge in [-0.25, -0.2) is 0 Å². The van der Waals surface area contributed by atoms with Gasteiger partial charge >= 0.3 is 0 Å². The second-order valence-electron chi connectivity index (χ2n) is 7.10. The average molecular weight is 290 g/mol. The Bertz CT molecular complexity index is 421. The zero-order chi connectivity index (χ0) is 15.9. The van der Waals surface area contributed by atoms with E-state index in [1.165, 1.54) is 5.56 Å². The zero-order valence-electron chi connectivity index (χ0n) is 14.1. The Morgan fingerprint density at radius 3 is 2.29 bits per heavy atom. The van der Waals surface area contributed by atoms with Gasteiger partial charge in [0.25, 0.3) is 0 Å². The van der Waals surface area contributed by atoms with Gasteiger partial charge in [-0.2, -0.15) is 0 Å². The van der Waals surface area contributed by atoms with Crippen LogP contribution in [0.25, 0.3) is 0 Å². The molecule has 0 aliphatic heterocycles. The fourth-order valence-electron chi connectivity index (χ4n) is 2.33. The lowest BCUT2D eigenvalue weighted by molar-refractivity contribution is -0.122. The van der Waals surface area contributed by atoms with E-state index < -0.39 is 0 Å². The number of hydrogen-bond acceptors (Lipinski definition) is 2. The molecule has 0 aliphatic carbocycles. The number of nitrogens with one attached hydrogen (secondary N) is 2. The molecular weight excluding hydrogens is 260 g/mol. The van der Waals surface area contributed by atoms with Crippen molar-refractivity contribution in [1.29, 1.82) is 0 Å². The van der Waals surface area contributed by atoms with Gasteiger partial charge < -0.3 is 10.6 Å². The Hall–Kier alpha value is -1.35. The number of rotatable bonds is 7. The van der Waals surface area contributed by atoms with Crippen LogP contribution >= 0.6 is 0 Å². The van der Waals surface area contributed by atoms with Crippen molar-refractivity contribution in [3.05, 3.63) is 35.9 Å². The van der Waals surface area contributed by atoms with Crippen LogP contribution in [0.2, 0.25) is 0 Å². The number of carbonyl (C=O) groups is 1. The molecule has 1 amide bonds. The maximum Gasteiger partial charge on any atom is 0.221 e. The first-order valence-corrected chi connectivity index (χ1v) is 7.87. The van der Waals surface area contributed by atoms with Gasteiger partial charge in [-0.05, 0) is 38.7 Å². The molecule has 1 unspecified atom stereocenters. The predicted octanol–water partition coefficient (Wildman–Crippen LogP) is 3.67. The van der Waals surface area contributed by atoms with Crippen LogP contribution in [0.15, 0.2) is 30.3 Å². The fraction of sp³-hybridized carbons (Fsp3) is 0.611. The topological polar surface area (TPSA) is 41.1 Å². The summed E-state index contributed by atoms with van der Waals surface area (Å²) in [4.78, 5) is 11.8. The summed E-state index contributed by atoms with van der Waals surface area (Å²) in [5, 5.41) is 6.52. The highest BCUT2D eigenvalue weighted by atomic mass is 16.1. The number of amides is 1. The number of hydrogen-bond donors (Lipinski definition) is 2. The molecule has 0 spiro atoms. The molecule has 1 rings (SSSR count). The second kappa shape index (κ2) is 8.18. The maximum atomic E-state index is 11.8. The summed E-state index contributed by atoms with van der Waals surface area (Å²) in [7, 11) is 0. The van der Waals surface area contributed by atoms with E-state index in [1.54, 1.807) is 0 Å². The summed E-state index contributed by atoms with van der Waals surface area (Å²) >= 11 is 0. The third-order valence-corrected chi connectivity index (χ3v) is 3.17. The van der Waals surface area contributed by atoms with E-state index in [2.05, 4.69) is 48.7 Å². The molecule has 0 saturated heterocycles. The largest absolute Gasteiger partial charge is 0.351 e. The standard InChI is InChI=1S/C18H30N2O/c1-14(2)13-16(15-9-7-6-8-10-15)19-12-11-17(21)20-18(3,4)5/h6-10,14,16,19H,11-13H2,1-5H3,(H,20,21). The molecule has 3 nitrogen and oxygen atoms in total. The SMILES string of the molecule is CC(C)CC(NCCC(=O)NC(C)(C)C)c1ccccc1. The average Bonchev–Trinajstić information content (AvgIpc) is 2.36. The van der Waals surface area contributed by atoms with Crippen molar-refractivity contribution in [2.45, 2.75) is 59.0 Å². The Morgan fingerprint density at radius 1 is 1.14 bits per heavy atom. The lowest BCUT2D eigenvalue weighted by Crippen LogP contribution is -2.41. The molecule has 118 valence electrons. The highest BCUT2D eigenvalue weighted by molar-refractivity contribution is 5.76. The normalized spacial score (nSPS) is 13.2. The van der Waals surface area contributed by atoms with Crippen molar-refractivity contribution >= 4 is 5.91 Å². The molecule has 3 heteroatoms. The van der Waals surface area contributed by atoms with Crippen molar-refractivity contribution in [2.24, 2.45) is 5.92 Å². The number of benzene rings is 1. The van der Waals surface area contributed by atoms with Crippen LogP contribution in [0.3, 0.4) is 0 Å². The van der Waals surface area contributed by atoms with Crippen molar-refractivity contribution in [1.82, 2.24) is 10.6 Å². The summed E-state index contributed by atoms with van der Waals surface area (Å²) in [6.07, 6.45) is 1.59. The zero-order valence-corrected chi connectivity index (χ0v) is 14.1. The predicted molar refractivity (Wildman–Crippen MR) is 89.2 cm³/mol. The molecule has 0 bridgehead atoms. The Balaban J connectivity index is 2.49. The summed E-state index contributed by atoms with van der Waals surface area (Å²) in [6.45, 7) is 11.2. The minimum Gasteiger partial charge on any atom is -0.351 e. The summed E-state index contributed by atoms with van der Waals surface area (Å²) in [5.74, 6) is 0.720. The van der Waals surface area contributed by atoms with Crippen LogP contribution in [-0.4, -0.2) is 18.0 Å². The first kappa shape index (κ1) is 17.7. The van der Waals surface area contributed by atoms with Gasteiger partial charge in [-0.1, -0.05) is 44.2 Å². The quantitative estimate of drug-likeness (QED) is 0.804. The van der Waals surface area contributed by atoms with Gasteiger partial charge in [0.15, 0.2) is 0 Å². The molecule has 0 heterocycles. The molecule has 0 saturated carbocycles. The van der Waals surface area contributed by atoms with Gasteiger partial charge in [0.05, 0.1) is 0 Å². The molecule has 1 aromatic rings. The number of carbonyl (C=O) groups excluding carboxylic acids is 1. The third-order valence-electron chi connectivity index (χ3n) is 3.17. The summed E-state index contributed by atoms with van der Waals surface area (Å²) in [5.41, 5.74) is 1.14. The first-order chi connectivity index (χ1) is 9.78. The van der Waals surface area contributed by atoms with Crippen molar-refractivity contribution < 1.29 is 4.79 Å². The minimum atomic E-state index is -0.159. The monoisotopic (exact) mass is 290 g/mol. The van der Waals surface area contributed by atoms with E-state index in [0.717, 1.165) is 6.42 Å². The van der Waals surface area contributed by atoms with Crippen molar-refractivity contribution in [2.75, 3.05) is 6.54 Å². The van der Waals surface area contributed by atoms with E-state index >= 15 is 0 Å². The van der Waals surface area contributed by atoms with Gasteiger partial charge in [-0.3, -0.25) is 4.79 Å². The molecule has 0 aromatic heterocycles. The molecule has 2 N–H and O–H groups in total. The van der Waals surface area contributed by atoms with E-state index in [0.29, 0.717) is 24.9 Å². The van der Waals surface area contributed by atoms with Gasteiger partial charge in [0.1, 0.15) is 0 Å². The minimum absolute atomic E-state index is 0.103. The molecule has 0 aliphatic rings. The van der Waals surface area contributed by atoms with Crippen molar-refractivity contribution in [3.8, 4) is 0 Å². The van der Waals surface area contributed by atoms with Crippen LogP contribution in [0.5, 0.6) is 0 Å². The maximum absolute atomic E-state index is 11.8. The van der Waals surface area contributed by atoms with E-state index in [-0.39, 0.29) is 11.4 Å². The van der Waals surface area contributed by atoms with Crippen LogP contribution in [0.4, 0.5) is 0 Å². The first-order valence-electron chi connectivity index (χ1n) is 7.87. The highest BCUT2D eigenvalue weighted by Gasteiger charge is 2.15. The van der Waals surface area contributed by atoms with E-state index in [9.17, 15) is 4.79 Å². The fourth-order valence-corrected chi connectivity index (χ4v) is 2.33. The van der Waals surface area contributed by atoms with Gasteiger partial charge in [-0.15, -0.1) is 0 Å². The Morgan fingerprint density at radius 2 is 1.76 bits per heavy atom. The molecule has 0 radical (unpaired) electrons. The van der Waals surface area contributed by atoms with Crippen LogP contribution in [0.1, 0.15) is 59.1 Å². The van der Waals surface area contributed by atoms with E-state index in [4.69, 9.17) is 0 Å². The molecule has 1 atom stereocenters. The summed E-state index contributed by atoms with van der Waals surface area (Å²) in [6, 6.07) is 10.8. The molecule has 0 fully saturated rings. The Labute approximate surface area is 129 Å². The van der Waals surface area contributed by atoms with Crippen LogP contribution < -0.4 is 10.6 Å². The Kier molecular flexibility index (Phi) is 6.90. The smallest absolute Gasteiger partial charge is 0.221 e. The molecule has 1 aromatic carbocycles. The summed E-state index contributed by atoms with van der Waals surface area (Å²) < 4.78 is 0. The van der Waals surface area contributed by atoms with Crippen molar-refractivity contribution in [3.63, 3.8) is 0 Å². The van der Waals surface area contributed by atoms with Gasteiger partial charge in [0.2, 0.25) is 5.91 Å². The van der Waals surface area contributed by atoms with Gasteiger partial charge in [0, 0.05) is 24.5 Å².